The summed E-state index contributed by atoms with van der Waals surface area (Å²) in [5.41, 5.74) is 0.293. The van der Waals surface area contributed by atoms with Gasteiger partial charge in [-0.1, -0.05) is 91.0 Å². The molecule has 0 aliphatic carbocycles. The summed E-state index contributed by atoms with van der Waals surface area (Å²) in [6, 6.07) is 27.0. The predicted octanol–water partition coefficient (Wildman–Crippen LogP) is 4.41. The Labute approximate surface area is 252 Å². The van der Waals surface area contributed by atoms with Gasteiger partial charge in [-0.25, -0.2) is 8.78 Å². The van der Waals surface area contributed by atoms with Crippen LogP contribution >= 0.6 is 11.8 Å². The van der Waals surface area contributed by atoms with Crippen LogP contribution < -0.4 is 0 Å². The molecule has 4 N–H and O–H groups in total. The number of aliphatic hydroxyl groups excluding tert-OH is 4. The molecule has 6 nitrogen and oxygen atoms in total. The number of rotatable bonds is 9. The van der Waals surface area contributed by atoms with E-state index in [4.69, 9.17) is 4.74 Å². The summed E-state index contributed by atoms with van der Waals surface area (Å²) in [5.74, 6) is -1.57. The molecule has 0 amide bonds. The van der Waals surface area contributed by atoms with Gasteiger partial charge in [-0.05, 0) is 39.6 Å². The number of halogens is 2. The van der Waals surface area contributed by atoms with E-state index in [-0.39, 0.29) is 36.0 Å². The molecule has 4 aromatic carbocycles. The SMILES string of the molecule is O=C(S[C@@H]1O[C@H](CO)[C@@H](O)[C@H](O)[C@@H]1O)c1c(F)c(Cc2ccccc2)c(Cc2ccccc2)c(F)c1Cc1ccccc1. The molecule has 0 bridgehead atoms. The van der Waals surface area contributed by atoms with Crippen molar-refractivity contribution in [3.05, 3.63) is 142 Å². The zero-order valence-electron chi connectivity index (χ0n) is 23.1. The molecule has 1 aliphatic rings. The number of benzene rings is 4. The van der Waals surface area contributed by atoms with Gasteiger partial charge in [0.15, 0.2) is 0 Å². The van der Waals surface area contributed by atoms with E-state index in [2.05, 4.69) is 0 Å². The predicted molar refractivity (Wildman–Crippen MR) is 160 cm³/mol. The first-order chi connectivity index (χ1) is 20.8. The molecule has 5 rings (SSSR count). The molecule has 0 aromatic heterocycles. The van der Waals surface area contributed by atoms with Crippen molar-refractivity contribution < 1.29 is 38.7 Å². The maximum Gasteiger partial charge on any atom is 0.225 e. The van der Waals surface area contributed by atoms with Crippen molar-refractivity contribution in [1.29, 1.82) is 0 Å². The zero-order valence-corrected chi connectivity index (χ0v) is 24.0. The summed E-state index contributed by atoms with van der Waals surface area (Å²) >= 11 is 0.379. The van der Waals surface area contributed by atoms with Crippen molar-refractivity contribution >= 4 is 16.9 Å². The first kappa shape index (κ1) is 31.0. The largest absolute Gasteiger partial charge is 0.394 e. The van der Waals surface area contributed by atoms with Gasteiger partial charge in [0.25, 0.3) is 0 Å². The second-order valence-electron chi connectivity index (χ2n) is 10.5. The molecule has 5 atom stereocenters. The van der Waals surface area contributed by atoms with Gasteiger partial charge in [0, 0.05) is 24.8 Å². The number of ether oxygens (including phenoxy) is 1. The van der Waals surface area contributed by atoms with Crippen molar-refractivity contribution in [3.8, 4) is 0 Å². The van der Waals surface area contributed by atoms with E-state index < -0.39 is 58.8 Å². The van der Waals surface area contributed by atoms with Crippen LogP contribution in [0.3, 0.4) is 0 Å². The highest BCUT2D eigenvalue weighted by atomic mass is 32.2. The van der Waals surface area contributed by atoms with Crippen molar-refractivity contribution in [2.45, 2.75) is 49.1 Å². The molecule has 0 spiro atoms. The first-order valence-electron chi connectivity index (χ1n) is 13.9. The van der Waals surface area contributed by atoms with Crippen LogP contribution in [0, 0.1) is 11.6 Å². The van der Waals surface area contributed by atoms with E-state index in [0.717, 1.165) is 11.1 Å². The quantitative estimate of drug-likeness (QED) is 0.224. The number of carbonyl (C=O) groups excluding carboxylic acids is 1. The summed E-state index contributed by atoms with van der Waals surface area (Å²) in [4.78, 5) is 13.9. The Hall–Kier alpha value is -3.44. The van der Waals surface area contributed by atoms with Gasteiger partial charge in [0.05, 0.1) is 12.2 Å². The van der Waals surface area contributed by atoms with E-state index in [9.17, 15) is 25.2 Å². The summed E-state index contributed by atoms with van der Waals surface area (Å²) in [6.45, 7) is -0.687. The summed E-state index contributed by atoms with van der Waals surface area (Å²) < 4.78 is 39.1. The Morgan fingerprint density at radius 1 is 0.651 bits per heavy atom. The maximum absolute atomic E-state index is 16.8. The highest BCUT2D eigenvalue weighted by molar-refractivity contribution is 8.14. The Kier molecular flexibility index (Phi) is 10.0. The molecule has 1 aliphatic heterocycles. The third-order valence-electron chi connectivity index (χ3n) is 7.63. The summed E-state index contributed by atoms with van der Waals surface area (Å²) in [5, 5.41) is 39.6. The Balaban J connectivity index is 1.64. The van der Waals surface area contributed by atoms with Gasteiger partial charge in [-0.15, -0.1) is 0 Å². The van der Waals surface area contributed by atoms with Crippen molar-refractivity contribution in [2.24, 2.45) is 0 Å². The Morgan fingerprint density at radius 2 is 1.09 bits per heavy atom. The van der Waals surface area contributed by atoms with Gasteiger partial charge < -0.3 is 25.2 Å². The van der Waals surface area contributed by atoms with Gasteiger partial charge in [0.1, 0.15) is 41.5 Å². The number of carbonyl (C=O) groups is 1. The van der Waals surface area contributed by atoms with Crippen LogP contribution in [0.15, 0.2) is 91.0 Å². The van der Waals surface area contributed by atoms with Crippen molar-refractivity contribution in [3.63, 3.8) is 0 Å². The second-order valence-corrected chi connectivity index (χ2v) is 11.6. The lowest BCUT2D eigenvalue weighted by atomic mass is 9.87. The van der Waals surface area contributed by atoms with Crippen LogP contribution in [-0.2, 0) is 24.0 Å². The van der Waals surface area contributed by atoms with Crippen LogP contribution in [0.4, 0.5) is 8.78 Å². The third kappa shape index (κ3) is 6.88. The molecular formula is C34H32F2O6S. The Bertz CT molecular complexity index is 1540. The van der Waals surface area contributed by atoms with Crippen molar-refractivity contribution in [1.82, 2.24) is 0 Å². The molecule has 0 unspecified atom stereocenters. The molecule has 0 radical (unpaired) electrons. The van der Waals surface area contributed by atoms with E-state index >= 15 is 8.78 Å². The smallest absolute Gasteiger partial charge is 0.225 e. The van der Waals surface area contributed by atoms with Crippen molar-refractivity contribution in [2.75, 3.05) is 6.61 Å². The molecule has 4 aromatic rings. The molecule has 1 saturated heterocycles. The van der Waals surface area contributed by atoms with Gasteiger partial charge in [-0.3, -0.25) is 4.79 Å². The zero-order chi connectivity index (χ0) is 30.5. The average molecular weight is 607 g/mol. The molecule has 224 valence electrons. The van der Waals surface area contributed by atoms with Gasteiger partial charge in [0.2, 0.25) is 5.12 Å². The number of hydrogen-bond donors (Lipinski definition) is 4. The van der Waals surface area contributed by atoms with E-state index in [1.54, 1.807) is 54.6 Å². The Morgan fingerprint density at radius 3 is 1.56 bits per heavy atom. The maximum atomic E-state index is 16.8. The molecule has 1 fully saturated rings. The summed E-state index contributed by atoms with van der Waals surface area (Å²) in [6.07, 6.45) is -6.26. The standard InChI is InChI=1S/C34H32F2O6S/c35-28-23(16-20-10-4-1-5-11-20)24(17-21-12-6-2-7-13-21)29(36)27(25(28)18-22-14-8-3-9-15-22)33(41)43-34-32(40)31(39)30(38)26(19-37)42-34/h1-15,26,30-32,34,37-40H,16-19H2/t26-,30-,31+,32+,34+/m1/s1. The fourth-order valence-corrected chi connectivity index (χ4v) is 6.36. The molecule has 0 saturated carbocycles. The van der Waals surface area contributed by atoms with Crippen LogP contribution in [0.5, 0.6) is 0 Å². The average Bonchev–Trinajstić information content (AvgIpc) is 3.03. The van der Waals surface area contributed by atoms with Crippen LogP contribution in [0.2, 0.25) is 0 Å². The van der Waals surface area contributed by atoms with Crippen LogP contribution in [-0.4, -0.2) is 62.0 Å². The van der Waals surface area contributed by atoms with Crippen LogP contribution in [0.1, 0.15) is 43.7 Å². The fourth-order valence-electron chi connectivity index (χ4n) is 5.32. The lowest BCUT2D eigenvalue weighted by Crippen LogP contribution is -2.57. The number of hydrogen-bond acceptors (Lipinski definition) is 7. The third-order valence-corrected chi connectivity index (χ3v) is 8.67. The van der Waals surface area contributed by atoms with E-state index in [0.29, 0.717) is 17.3 Å². The second kappa shape index (κ2) is 13.9. The van der Waals surface area contributed by atoms with Gasteiger partial charge >= 0.3 is 0 Å². The minimum Gasteiger partial charge on any atom is -0.394 e. The van der Waals surface area contributed by atoms with Gasteiger partial charge in [-0.2, -0.15) is 0 Å². The monoisotopic (exact) mass is 606 g/mol. The molecule has 43 heavy (non-hydrogen) atoms. The first-order valence-corrected chi connectivity index (χ1v) is 14.8. The highest BCUT2D eigenvalue weighted by Gasteiger charge is 2.45. The molecular weight excluding hydrogens is 574 g/mol. The van der Waals surface area contributed by atoms with E-state index in [1.165, 1.54) is 0 Å². The highest BCUT2D eigenvalue weighted by Crippen LogP contribution is 2.37. The minimum absolute atomic E-state index is 0.0301. The fraction of sp³-hybridized carbons (Fsp3) is 0.265. The topological polar surface area (TPSA) is 107 Å². The minimum atomic E-state index is -1.72. The van der Waals surface area contributed by atoms with E-state index in [1.807, 2.05) is 36.4 Å². The molecule has 9 heteroatoms. The summed E-state index contributed by atoms with van der Waals surface area (Å²) in [7, 11) is 0. The molecule has 1 heterocycles. The number of aliphatic hydroxyl groups is 4. The van der Waals surface area contributed by atoms with Crippen LogP contribution in [0.25, 0.3) is 0 Å². The lowest BCUT2D eigenvalue weighted by molar-refractivity contribution is -0.205. The number of thioether (sulfide) groups is 1. The lowest BCUT2D eigenvalue weighted by Gasteiger charge is -2.39. The normalized spacial score (nSPS) is 22.0.